The van der Waals surface area contributed by atoms with Crippen molar-refractivity contribution in [3.05, 3.63) is 32.8 Å². The topological polar surface area (TPSA) is 117 Å². The third-order valence-corrected chi connectivity index (χ3v) is 2.96. The number of rotatable bonds is 6. The molecule has 0 bridgehead atoms. The van der Waals surface area contributed by atoms with Crippen molar-refractivity contribution in [2.45, 2.75) is 6.10 Å². The molecule has 1 atom stereocenters. The summed E-state index contributed by atoms with van der Waals surface area (Å²) in [6.45, 7) is -0.0435. The molecule has 1 unspecified atom stereocenters. The van der Waals surface area contributed by atoms with Gasteiger partial charge >= 0.3 is 0 Å². The van der Waals surface area contributed by atoms with E-state index < -0.39 is 16.9 Å². The summed E-state index contributed by atoms with van der Waals surface area (Å²) in [6, 6.07) is 4.25. The third kappa shape index (κ3) is 3.88. The zero-order valence-electron chi connectivity index (χ0n) is 9.96. The van der Waals surface area contributed by atoms with Crippen LogP contribution in [-0.2, 0) is 9.53 Å². The molecule has 0 aromatic heterocycles. The second-order valence-electron chi connectivity index (χ2n) is 3.42. The normalized spacial score (nSPS) is 11.7. The number of nitrogens with two attached hydrogens (primary N) is 1. The molecule has 0 radical (unpaired) electrons. The Morgan fingerprint density at radius 3 is 2.84 bits per heavy atom. The number of nitrogens with zero attached hydrogens (tertiary/aromatic N) is 1. The van der Waals surface area contributed by atoms with Crippen LogP contribution in [0.25, 0.3) is 0 Å². The Labute approximate surface area is 117 Å². The van der Waals surface area contributed by atoms with Crippen LogP contribution in [0, 0.1) is 10.1 Å². The zero-order chi connectivity index (χ0) is 14.4. The van der Waals surface area contributed by atoms with Crippen LogP contribution in [0.15, 0.2) is 22.7 Å². The predicted molar refractivity (Wildman–Crippen MR) is 69.4 cm³/mol. The summed E-state index contributed by atoms with van der Waals surface area (Å²) in [5, 5.41) is 10.8. The van der Waals surface area contributed by atoms with Crippen molar-refractivity contribution in [3.63, 3.8) is 0 Å². The molecule has 0 saturated carbocycles. The molecule has 0 saturated heterocycles. The van der Waals surface area contributed by atoms with Crippen LogP contribution in [0.5, 0.6) is 5.75 Å². The Hall–Kier alpha value is -1.71. The number of hydrogen-bond donors (Lipinski definition) is 2. The smallest absolute Gasteiger partial charge is 0.287 e. The van der Waals surface area contributed by atoms with E-state index in [1.165, 1.54) is 25.3 Å². The van der Waals surface area contributed by atoms with Crippen LogP contribution in [-0.4, -0.2) is 30.7 Å². The average molecular weight is 334 g/mol. The monoisotopic (exact) mass is 333 g/mol. The highest BCUT2D eigenvalue weighted by Crippen LogP contribution is 2.34. The van der Waals surface area contributed by atoms with Gasteiger partial charge in [0.1, 0.15) is 10.2 Å². The van der Waals surface area contributed by atoms with E-state index in [2.05, 4.69) is 15.9 Å². The number of carbonyl (C=O) groups excluding carboxylic acids is 1. The second kappa shape index (κ2) is 7.02. The minimum absolute atomic E-state index is 0.0435. The van der Waals surface area contributed by atoms with Crippen LogP contribution in [0.4, 0.5) is 5.69 Å². The van der Waals surface area contributed by atoms with Gasteiger partial charge in [-0.25, -0.2) is 5.84 Å². The molecule has 1 aromatic rings. The number of methoxy groups -OCH3 is 1. The molecule has 3 N–H and O–H groups in total. The SMILES string of the molecule is COCC(Oc1cccc([N+](=O)[O-])c1Br)C(=O)NN. The van der Waals surface area contributed by atoms with Crippen molar-refractivity contribution in [3.8, 4) is 5.75 Å². The molecule has 19 heavy (non-hydrogen) atoms. The fraction of sp³-hybridized carbons (Fsp3) is 0.300. The van der Waals surface area contributed by atoms with Crippen molar-refractivity contribution >= 4 is 27.5 Å². The summed E-state index contributed by atoms with van der Waals surface area (Å²) < 4.78 is 10.3. The summed E-state index contributed by atoms with van der Waals surface area (Å²) in [5.74, 6) is 4.57. The number of ether oxygens (including phenoxy) is 2. The Bertz CT molecular complexity index is 482. The maximum Gasteiger partial charge on any atom is 0.287 e. The molecule has 1 rings (SSSR count). The second-order valence-corrected chi connectivity index (χ2v) is 4.21. The minimum Gasteiger partial charge on any atom is -0.477 e. The highest BCUT2D eigenvalue weighted by atomic mass is 79.9. The van der Waals surface area contributed by atoms with Gasteiger partial charge in [0.15, 0.2) is 0 Å². The average Bonchev–Trinajstić information content (AvgIpc) is 2.39. The lowest BCUT2D eigenvalue weighted by Crippen LogP contribution is -2.44. The molecule has 0 aliphatic carbocycles. The van der Waals surface area contributed by atoms with Crippen LogP contribution in [0.3, 0.4) is 0 Å². The molecular formula is C10H12BrN3O5. The fourth-order valence-electron chi connectivity index (χ4n) is 1.29. The van der Waals surface area contributed by atoms with Crippen molar-refractivity contribution < 1.29 is 19.2 Å². The lowest BCUT2D eigenvalue weighted by Gasteiger charge is -2.17. The summed E-state index contributed by atoms with van der Waals surface area (Å²) >= 11 is 3.06. The molecule has 0 fully saturated rings. The van der Waals surface area contributed by atoms with Crippen molar-refractivity contribution in [2.75, 3.05) is 13.7 Å². The van der Waals surface area contributed by atoms with Gasteiger partial charge in [-0.15, -0.1) is 0 Å². The summed E-state index contributed by atoms with van der Waals surface area (Å²) in [4.78, 5) is 21.7. The molecule has 0 aliphatic heterocycles. The molecular weight excluding hydrogens is 322 g/mol. The van der Waals surface area contributed by atoms with Gasteiger partial charge in [-0.3, -0.25) is 20.3 Å². The Balaban J connectivity index is 2.99. The number of benzene rings is 1. The standard InChI is InChI=1S/C10H12BrN3O5/c1-18-5-8(10(15)13-12)19-7-4-2-3-6(9(7)11)14(16)17/h2-4,8H,5,12H2,1H3,(H,13,15). The van der Waals surface area contributed by atoms with Gasteiger partial charge in [-0.05, 0) is 22.0 Å². The first-order chi connectivity index (χ1) is 9.01. The van der Waals surface area contributed by atoms with Crippen molar-refractivity contribution in [2.24, 2.45) is 5.84 Å². The number of hydrogen-bond acceptors (Lipinski definition) is 6. The van der Waals surface area contributed by atoms with E-state index in [9.17, 15) is 14.9 Å². The van der Waals surface area contributed by atoms with Gasteiger partial charge < -0.3 is 9.47 Å². The van der Waals surface area contributed by atoms with Crippen LogP contribution < -0.4 is 16.0 Å². The summed E-state index contributed by atoms with van der Waals surface area (Å²) in [7, 11) is 1.39. The van der Waals surface area contributed by atoms with Gasteiger partial charge in [0.05, 0.1) is 11.5 Å². The first-order valence-electron chi connectivity index (χ1n) is 5.10. The summed E-state index contributed by atoms with van der Waals surface area (Å²) in [5.41, 5.74) is 1.77. The number of carbonyl (C=O) groups is 1. The minimum atomic E-state index is -1.01. The number of halogens is 1. The van der Waals surface area contributed by atoms with Crippen LogP contribution >= 0.6 is 15.9 Å². The van der Waals surface area contributed by atoms with Gasteiger partial charge in [0.25, 0.3) is 11.6 Å². The van der Waals surface area contributed by atoms with Crippen LogP contribution in [0.2, 0.25) is 0 Å². The largest absolute Gasteiger partial charge is 0.477 e. The van der Waals surface area contributed by atoms with Gasteiger partial charge in [0, 0.05) is 13.2 Å². The Kier molecular flexibility index (Phi) is 5.67. The first-order valence-corrected chi connectivity index (χ1v) is 5.89. The van der Waals surface area contributed by atoms with Crippen LogP contribution in [0.1, 0.15) is 0 Å². The Morgan fingerprint density at radius 2 is 2.32 bits per heavy atom. The van der Waals surface area contributed by atoms with Crippen molar-refractivity contribution in [1.82, 2.24) is 5.43 Å². The third-order valence-electron chi connectivity index (χ3n) is 2.16. The molecule has 0 spiro atoms. The number of nitro benzene ring substituents is 1. The lowest BCUT2D eigenvalue weighted by atomic mass is 10.3. The van der Waals surface area contributed by atoms with E-state index in [1.54, 1.807) is 0 Å². The van der Waals surface area contributed by atoms with Gasteiger partial charge in [-0.1, -0.05) is 6.07 Å². The fourth-order valence-corrected chi connectivity index (χ4v) is 1.79. The quantitative estimate of drug-likeness (QED) is 0.343. The Morgan fingerprint density at radius 1 is 1.63 bits per heavy atom. The lowest BCUT2D eigenvalue weighted by molar-refractivity contribution is -0.385. The molecule has 1 aromatic carbocycles. The van der Waals surface area contributed by atoms with Gasteiger partial charge in [-0.2, -0.15) is 0 Å². The molecule has 8 nitrogen and oxygen atoms in total. The molecule has 1 amide bonds. The maximum atomic E-state index is 11.4. The van der Waals surface area contributed by atoms with E-state index in [1.807, 2.05) is 5.43 Å². The maximum absolute atomic E-state index is 11.4. The first kappa shape index (κ1) is 15.3. The van der Waals surface area contributed by atoms with E-state index >= 15 is 0 Å². The molecule has 0 heterocycles. The number of nitrogens with one attached hydrogen (secondary N) is 1. The summed E-state index contributed by atoms with van der Waals surface area (Å²) in [6.07, 6.45) is -1.01. The highest BCUT2D eigenvalue weighted by Gasteiger charge is 2.23. The molecule has 104 valence electrons. The van der Waals surface area contributed by atoms with E-state index in [0.717, 1.165) is 0 Å². The van der Waals surface area contributed by atoms with Gasteiger partial charge in [0.2, 0.25) is 6.10 Å². The van der Waals surface area contributed by atoms with E-state index in [0.29, 0.717) is 0 Å². The number of hydrazine groups is 1. The highest BCUT2D eigenvalue weighted by molar-refractivity contribution is 9.10. The van der Waals surface area contributed by atoms with E-state index in [4.69, 9.17) is 15.3 Å². The van der Waals surface area contributed by atoms with E-state index in [-0.39, 0.29) is 22.5 Å². The number of nitro groups is 1. The van der Waals surface area contributed by atoms with Crippen molar-refractivity contribution in [1.29, 1.82) is 0 Å². The number of amides is 1. The molecule has 9 heteroatoms. The molecule has 0 aliphatic rings. The zero-order valence-corrected chi connectivity index (χ0v) is 11.5. The predicted octanol–water partition coefficient (Wildman–Crippen LogP) is 0.741.